The number of carbonyl (C=O) groups excluding carboxylic acids is 2. The van der Waals surface area contributed by atoms with Crippen LogP contribution in [0, 0.1) is 12.8 Å². The van der Waals surface area contributed by atoms with Crippen LogP contribution in [0.5, 0.6) is 0 Å². The molecule has 4 rings (SSSR count). The maximum atomic E-state index is 12.2. The van der Waals surface area contributed by atoms with Crippen LogP contribution in [0.15, 0.2) is 10.9 Å². The first kappa shape index (κ1) is 13.9. The summed E-state index contributed by atoms with van der Waals surface area (Å²) in [6.45, 7) is 2.34. The molecule has 0 unspecified atom stereocenters. The summed E-state index contributed by atoms with van der Waals surface area (Å²) in [5.41, 5.74) is 0.323. The molecule has 0 aromatic carbocycles. The van der Waals surface area contributed by atoms with Crippen molar-refractivity contribution in [2.24, 2.45) is 5.92 Å². The fraction of sp³-hybridized carbons (Fsp3) is 0.500. The number of anilines is 1. The monoisotopic (exact) mass is 316 g/mol. The predicted molar refractivity (Wildman–Crippen MR) is 79.6 cm³/mol. The predicted octanol–water partition coefficient (Wildman–Crippen LogP) is 0.716. The Balaban J connectivity index is 1.57. The molecule has 1 saturated carbocycles. The molecule has 0 bridgehead atoms. The number of nitrogens with zero attached hydrogens (tertiary/aromatic N) is 3. The standard InChI is InChI=1S/C14H16N6O3/c1-7-9-10(16-6-17-11(9)23-20-7)15-5-8-3-2-4-14(8)12(21)18-13(22)19-14/h6,8H,2-5H2,1H3,(H,15,16,17)(H2,18,19,21,22)/t8-,14-/m0/s1. The van der Waals surface area contributed by atoms with E-state index in [1.54, 1.807) is 0 Å². The van der Waals surface area contributed by atoms with Crippen LogP contribution in [0.2, 0.25) is 0 Å². The lowest BCUT2D eigenvalue weighted by Crippen LogP contribution is -2.51. The number of hydrogen-bond acceptors (Lipinski definition) is 7. The van der Waals surface area contributed by atoms with Crippen LogP contribution in [0.1, 0.15) is 25.0 Å². The summed E-state index contributed by atoms with van der Waals surface area (Å²) in [4.78, 5) is 32.0. The summed E-state index contributed by atoms with van der Waals surface area (Å²) < 4.78 is 5.12. The van der Waals surface area contributed by atoms with Crippen LogP contribution in [0.25, 0.3) is 11.1 Å². The van der Waals surface area contributed by atoms with Crippen LogP contribution < -0.4 is 16.0 Å². The van der Waals surface area contributed by atoms with Gasteiger partial charge in [-0.15, -0.1) is 0 Å². The van der Waals surface area contributed by atoms with Gasteiger partial charge in [0.2, 0.25) is 0 Å². The van der Waals surface area contributed by atoms with E-state index >= 15 is 0 Å². The number of aryl methyl sites for hydroxylation is 1. The van der Waals surface area contributed by atoms with E-state index in [9.17, 15) is 9.59 Å². The van der Waals surface area contributed by atoms with Gasteiger partial charge in [0.05, 0.1) is 5.69 Å². The number of carbonyl (C=O) groups is 2. The molecule has 1 aliphatic heterocycles. The molecule has 1 spiro atoms. The van der Waals surface area contributed by atoms with Gasteiger partial charge < -0.3 is 15.2 Å². The summed E-state index contributed by atoms with van der Waals surface area (Å²) in [5.74, 6) is 0.389. The van der Waals surface area contributed by atoms with Crippen LogP contribution in [0.4, 0.5) is 10.6 Å². The fourth-order valence-electron chi connectivity index (χ4n) is 3.60. The molecule has 9 nitrogen and oxygen atoms in total. The van der Waals surface area contributed by atoms with Crippen molar-refractivity contribution in [2.45, 2.75) is 31.7 Å². The Labute approximate surface area is 131 Å². The lowest BCUT2D eigenvalue weighted by atomic mass is 9.87. The van der Waals surface area contributed by atoms with Crippen molar-refractivity contribution in [3.8, 4) is 0 Å². The lowest BCUT2D eigenvalue weighted by molar-refractivity contribution is -0.125. The number of fused-ring (bicyclic) bond motifs is 1. The molecule has 3 amide bonds. The maximum Gasteiger partial charge on any atom is 0.322 e. The number of nitrogens with one attached hydrogen (secondary N) is 3. The molecular formula is C14H16N6O3. The molecule has 3 N–H and O–H groups in total. The van der Waals surface area contributed by atoms with Gasteiger partial charge in [-0.1, -0.05) is 11.6 Å². The summed E-state index contributed by atoms with van der Waals surface area (Å²) in [5, 5.41) is 13.0. The van der Waals surface area contributed by atoms with Gasteiger partial charge in [-0.25, -0.2) is 9.78 Å². The average molecular weight is 316 g/mol. The van der Waals surface area contributed by atoms with Crippen LogP contribution in [-0.4, -0.2) is 39.1 Å². The van der Waals surface area contributed by atoms with E-state index in [1.165, 1.54) is 6.33 Å². The van der Waals surface area contributed by atoms with Crippen molar-refractivity contribution in [2.75, 3.05) is 11.9 Å². The second-order valence-electron chi connectivity index (χ2n) is 6.02. The molecule has 9 heteroatoms. The minimum atomic E-state index is -0.806. The van der Waals surface area contributed by atoms with Gasteiger partial charge in [-0.3, -0.25) is 10.1 Å². The van der Waals surface area contributed by atoms with E-state index in [-0.39, 0.29) is 11.8 Å². The molecule has 2 fully saturated rings. The Bertz CT molecular complexity index is 803. The third-order valence-corrected chi connectivity index (χ3v) is 4.75. The van der Waals surface area contributed by atoms with Gasteiger partial charge in [-0.05, 0) is 19.8 Å². The number of imide groups is 1. The van der Waals surface area contributed by atoms with Gasteiger partial charge in [-0.2, -0.15) is 4.98 Å². The molecule has 2 atom stereocenters. The number of hydrogen-bond donors (Lipinski definition) is 3. The van der Waals surface area contributed by atoms with Gasteiger partial charge in [0.25, 0.3) is 11.6 Å². The average Bonchev–Trinajstić information content (AvgIpc) is 3.18. The molecule has 2 aromatic heterocycles. The Morgan fingerprint density at radius 2 is 2.30 bits per heavy atom. The SMILES string of the molecule is Cc1noc2ncnc(NC[C@@H]3CCC[C@]34NC(=O)NC4=O)c12. The lowest BCUT2D eigenvalue weighted by Gasteiger charge is -2.28. The van der Waals surface area contributed by atoms with Crippen molar-refractivity contribution in [1.29, 1.82) is 0 Å². The summed E-state index contributed by atoms with van der Waals surface area (Å²) >= 11 is 0. The minimum absolute atomic E-state index is 0.000804. The molecule has 120 valence electrons. The van der Waals surface area contributed by atoms with Crippen LogP contribution >= 0.6 is 0 Å². The second kappa shape index (κ2) is 4.90. The highest BCUT2D eigenvalue weighted by molar-refractivity contribution is 6.07. The summed E-state index contributed by atoms with van der Waals surface area (Å²) in [6, 6.07) is -0.416. The zero-order valence-electron chi connectivity index (χ0n) is 12.5. The van der Waals surface area contributed by atoms with E-state index in [0.29, 0.717) is 30.2 Å². The highest BCUT2D eigenvalue weighted by Gasteiger charge is 2.54. The summed E-state index contributed by atoms with van der Waals surface area (Å²) in [7, 11) is 0. The topological polar surface area (TPSA) is 122 Å². The Hall–Kier alpha value is -2.71. The molecule has 23 heavy (non-hydrogen) atoms. The van der Waals surface area contributed by atoms with Crippen molar-refractivity contribution in [1.82, 2.24) is 25.8 Å². The van der Waals surface area contributed by atoms with Crippen molar-refractivity contribution in [3.05, 3.63) is 12.0 Å². The molecule has 1 saturated heterocycles. The van der Waals surface area contributed by atoms with Crippen LogP contribution in [0.3, 0.4) is 0 Å². The maximum absolute atomic E-state index is 12.2. The van der Waals surface area contributed by atoms with Gasteiger partial charge in [0, 0.05) is 12.5 Å². The molecular weight excluding hydrogens is 300 g/mol. The quantitative estimate of drug-likeness (QED) is 0.713. The zero-order valence-corrected chi connectivity index (χ0v) is 12.5. The van der Waals surface area contributed by atoms with E-state index in [0.717, 1.165) is 18.2 Å². The molecule has 1 aliphatic carbocycles. The van der Waals surface area contributed by atoms with Crippen molar-refractivity contribution >= 4 is 28.9 Å². The Morgan fingerprint density at radius 3 is 3.09 bits per heavy atom. The highest BCUT2D eigenvalue weighted by Crippen LogP contribution is 2.38. The highest BCUT2D eigenvalue weighted by atomic mass is 16.5. The smallest absolute Gasteiger partial charge is 0.322 e. The number of urea groups is 1. The Morgan fingerprint density at radius 1 is 1.43 bits per heavy atom. The van der Waals surface area contributed by atoms with Gasteiger partial charge >= 0.3 is 6.03 Å². The second-order valence-corrected chi connectivity index (χ2v) is 6.02. The van der Waals surface area contributed by atoms with Crippen molar-refractivity contribution in [3.63, 3.8) is 0 Å². The van der Waals surface area contributed by atoms with E-state index in [2.05, 4.69) is 31.1 Å². The van der Waals surface area contributed by atoms with E-state index in [1.807, 2.05) is 6.92 Å². The van der Waals surface area contributed by atoms with E-state index in [4.69, 9.17) is 4.52 Å². The van der Waals surface area contributed by atoms with Crippen LogP contribution in [-0.2, 0) is 4.79 Å². The number of amides is 3. The first-order valence-electron chi connectivity index (χ1n) is 7.54. The normalized spacial score (nSPS) is 26.7. The minimum Gasteiger partial charge on any atom is -0.369 e. The first-order chi connectivity index (χ1) is 11.1. The zero-order chi connectivity index (χ0) is 16.0. The summed E-state index contributed by atoms with van der Waals surface area (Å²) in [6.07, 6.45) is 3.81. The van der Waals surface area contributed by atoms with Crippen molar-refractivity contribution < 1.29 is 14.1 Å². The molecule has 2 aliphatic rings. The molecule has 0 radical (unpaired) electrons. The number of aromatic nitrogens is 3. The first-order valence-corrected chi connectivity index (χ1v) is 7.54. The third kappa shape index (κ3) is 2.03. The van der Waals surface area contributed by atoms with Gasteiger partial charge in [0.15, 0.2) is 0 Å². The third-order valence-electron chi connectivity index (χ3n) is 4.75. The van der Waals surface area contributed by atoms with E-state index < -0.39 is 11.6 Å². The molecule has 3 heterocycles. The number of rotatable bonds is 3. The fourth-order valence-corrected chi connectivity index (χ4v) is 3.60. The van der Waals surface area contributed by atoms with Gasteiger partial charge in [0.1, 0.15) is 23.1 Å². The largest absolute Gasteiger partial charge is 0.369 e. The molecule has 2 aromatic rings. The Kier molecular flexibility index (Phi) is 2.97.